The molecule has 0 aliphatic carbocycles. The topological polar surface area (TPSA) is 12.0 Å². The van der Waals surface area contributed by atoms with Gasteiger partial charge in [-0.1, -0.05) is 36.8 Å². The standard InChI is InChI=1S/C17H19F2N/c1-3-20-17(14-6-4-12(2)5-7-14)10-13-8-15(18)11-16(19)9-13/h4-9,11,17,20H,3,10H2,1-2H3. The normalized spacial score (nSPS) is 12.4. The van der Waals surface area contributed by atoms with Crippen molar-refractivity contribution < 1.29 is 8.78 Å². The highest BCUT2D eigenvalue weighted by atomic mass is 19.1. The van der Waals surface area contributed by atoms with E-state index in [9.17, 15) is 8.78 Å². The summed E-state index contributed by atoms with van der Waals surface area (Å²) in [5.74, 6) is -1.06. The van der Waals surface area contributed by atoms with Crippen LogP contribution in [-0.2, 0) is 6.42 Å². The molecule has 0 aliphatic heterocycles. The highest BCUT2D eigenvalue weighted by molar-refractivity contribution is 5.27. The highest BCUT2D eigenvalue weighted by Gasteiger charge is 2.12. The summed E-state index contributed by atoms with van der Waals surface area (Å²) in [5.41, 5.74) is 2.98. The predicted molar refractivity (Wildman–Crippen MR) is 77.7 cm³/mol. The molecule has 0 saturated heterocycles. The molecule has 0 saturated carbocycles. The number of likely N-dealkylation sites (N-methyl/N-ethyl adjacent to an activating group) is 1. The molecule has 0 heterocycles. The van der Waals surface area contributed by atoms with Gasteiger partial charge in [0, 0.05) is 12.1 Å². The van der Waals surface area contributed by atoms with Gasteiger partial charge in [-0.3, -0.25) is 0 Å². The Balaban J connectivity index is 2.22. The van der Waals surface area contributed by atoms with Crippen LogP contribution in [0, 0.1) is 18.6 Å². The lowest BCUT2D eigenvalue weighted by molar-refractivity contribution is 0.539. The fourth-order valence-corrected chi connectivity index (χ4v) is 2.32. The Morgan fingerprint density at radius 2 is 1.60 bits per heavy atom. The second kappa shape index (κ2) is 6.62. The number of halogens is 2. The number of nitrogens with one attached hydrogen (secondary N) is 1. The van der Waals surface area contributed by atoms with Crippen LogP contribution in [0.3, 0.4) is 0 Å². The van der Waals surface area contributed by atoms with E-state index in [1.165, 1.54) is 17.7 Å². The zero-order chi connectivity index (χ0) is 14.5. The van der Waals surface area contributed by atoms with Crippen molar-refractivity contribution in [2.45, 2.75) is 26.3 Å². The second-order valence-electron chi connectivity index (χ2n) is 5.00. The Kier molecular flexibility index (Phi) is 4.85. The van der Waals surface area contributed by atoms with E-state index in [0.29, 0.717) is 12.0 Å². The van der Waals surface area contributed by atoms with Gasteiger partial charge in [-0.25, -0.2) is 8.78 Å². The lowest BCUT2D eigenvalue weighted by atomic mass is 9.98. The van der Waals surface area contributed by atoms with Crippen molar-refractivity contribution in [2.24, 2.45) is 0 Å². The van der Waals surface area contributed by atoms with Crippen molar-refractivity contribution in [1.29, 1.82) is 0 Å². The molecule has 20 heavy (non-hydrogen) atoms. The molecule has 1 unspecified atom stereocenters. The molecule has 2 aromatic carbocycles. The maximum Gasteiger partial charge on any atom is 0.126 e. The monoisotopic (exact) mass is 275 g/mol. The predicted octanol–water partition coefficient (Wildman–Crippen LogP) is 4.17. The Morgan fingerprint density at radius 1 is 1.00 bits per heavy atom. The largest absolute Gasteiger partial charge is 0.310 e. The average Bonchev–Trinajstić information content (AvgIpc) is 2.38. The fourth-order valence-electron chi connectivity index (χ4n) is 2.32. The number of benzene rings is 2. The van der Waals surface area contributed by atoms with E-state index >= 15 is 0 Å². The molecule has 106 valence electrons. The minimum atomic E-state index is -0.529. The van der Waals surface area contributed by atoms with Gasteiger partial charge in [0.05, 0.1) is 0 Å². The highest BCUT2D eigenvalue weighted by Crippen LogP contribution is 2.20. The molecular formula is C17H19F2N. The first-order chi connectivity index (χ1) is 9.58. The zero-order valence-corrected chi connectivity index (χ0v) is 11.8. The van der Waals surface area contributed by atoms with E-state index in [-0.39, 0.29) is 6.04 Å². The van der Waals surface area contributed by atoms with Crippen LogP contribution in [0.25, 0.3) is 0 Å². The van der Waals surface area contributed by atoms with Gasteiger partial charge in [0.2, 0.25) is 0 Å². The summed E-state index contributed by atoms with van der Waals surface area (Å²) < 4.78 is 26.5. The Hall–Kier alpha value is -1.74. The summed E-state index contributed by atoms with van der Waals surface area (Å²) in [6, 6.07) is 11.9. The Labute approximate surface area is 118 Å². The maximum absolute atomic E-state index is 13.3. The van der Waals surface area contributed by atoms with Crippen LogP contribution in [0.2, 0.25) is 0 Å². The molecule has 0 aromatic heterocycles. The molecule has 3 heteroatoms. The fraction of sp³-hybridized carbons (Fsp3) is 0.294. The molecule has 1 N–H and O–H groups in total. The number of aryl methyl sites for hydroxylation is 1. The van der Waals surface area contributed by atoms with E-state index in [4.69, 9.17) is 0 Å². The molecule has 0 spiro atoms. The van der Waals surface area contributed by atoms with Gasteiger partial charge < -0.3 is 5.32 Å². The summed E-state index contributed by atoms with van der Waals surface area (Å²) in [6.07, 6.45) is 0.561. The quantitative estimate of drug-likeness (QED) is 0.863. The first kappa shape index (κ1) is 14.7. The summed E-state index contributed by atoms with van der Waals surface area (Å²) in [6.45, 7) is 4.86. The zero-order valence-electron chi connectivity index (χ0n) is 11.8. The van der Waals surface area contributed by atoms with Crippen molar-refractivity contribution in [2.75, 3.05) is 6.54 Å². The van der Waals surface area contributed by atoms with Gasteiger partial charge in [0.15, 0.2) is 0 Å². The van der Waals surface area contributed by atoms with E-state index < -0.39 is 11.6 Å². The third-order valence-corrected chi connectivity index (χ3v) is 3.29. The molecule has 0 aliphatic rings. The first-order valence-electron chi connectivity index (χ1n) is 6.83. The molecule has 1 nitrogen and oxygen atoms in total. The summed E-state index contributed by atoms with van der Waals surface area (Å²) in [5, 5.41) is 3.36. The van der Waals surface area contributed by atoms with Crippen LogP contribution >= 0.6 is 0 Å². The van der Waals surface area contributed by atoms with Crippen molar-refractivity contribution >= 4 is 0 Å². The molecule has 0 bridgehead atoms. The smallest absolute Gasteiger partial charge is 0.126 e. The SMILES string of the molecule is CCNC(Cc1cc(F)cc(F)c1)c1ccc(C)cc1. The minimum absolute atomic E-state index is 0.0572. The third-order valence-electron chi connectivity index (χ3n) is 3.29. The van der Waals surface area contributed by atoms with Gasteiger partial charge >= 0.3 is 0 Å². The van der Waals surface area contributed by atoms with Gasteiger partial charge in [-0.2, -0.15) is 0 Å². The van der Waals surface area contributed by atoms with Crippen molar-refractivity contribution in [3.63, 3.8) is 0 Å². The lowest BCUT2D eigenvalue weighted by Gasteiger charge is -2.19. The van der Waals surface area contributed by atoms with Gasteiger partial charge in [0.1, 0.15) is 11.6 Å². The van der Waals surface area contributed by atoms with E-state index in [2.05, 4.69) is 17.4 Å². The van der Waals surface area contributed by atoms with Crippen LogP contribution in [0.5, 0.6) is 0 Å². The maximum atomic E-state index is 13.3. The third kappa shape index (κ3) is 3.87. The number of rotatable bonds is 5. The summed E-state index contributed by atoms with van der Waals surface area (Å²) in [7, 11) is 0. The second-order valence-corrected chi connectivity index (χ2v) is 5.00. The van der Waals surface area contributed by atoms with Crippen LogP contribution in [0.15, 0.2) is 42.5 Å². The number of hydrogen-bond donors (Lipinski definition) is 1. The Bertz CT molecular complexity index is 543. The average molecular weight is 275 g/mol. The van der Waals surface area contributed by atoms with Crippen LogP contribution in [0.4, 0.5) is 8.78 Å². The van der Waals surface area contributed by atoms with Gasteiger partial charge in [-0.15, -0.1) is 0 Å². The molecular weight excluding hydrogens is 256 g/mol. The van der Waals surface area contributed by atoms with Crippen LogP contribution < -0.4 is 5.32 Å². The van der Waals surface area contributed by atoms with Crippen LogP contribution in [0.1, 0.15) is 29.7 Å². The van der Waals surface area contributed by atoms with Crippen molar-refractivity contribution in [3.05, 3.63) is 70.8 Å². The molecule has 2 rings (SSSR count). The van der Waals surface area contributed by atoms with Gasteiger partial charge in [0.25, 0.3) is 0 Å². The summed E-state index contributed by atoms with van der Waals surface area (Å²) in [4.78, 5) is 0. The molecule has 2 aromatic rings. The lowest BCUT2D eigenvalue weighted by Crippen LogP contribution is -2.23. The molecule has 0 amide bonds. The first-order valence-corrected chi connectivity index (χ1v) is 6.83. The number of hydrogen-bond acceptors (Lipinski definition) is 1. The van der Waals surface area contributed by atoms with Crippen molar-refractivity contribution in [1.82, 2.24) is 5.32 Å². The molecule has 0 radical (unpaired) electrons. The Morgan fingerprint density at radius 3 is 2.15 bits per heavy atom. The van der Waals surface area contributed by atoms with Crippen LogP contribution in [-0.4, -0.2) is 6.54 Å². The van der Waals surface area contributed by atoms with E-state index in [1.807, 2.05) is 26.0 Å². The van der Waals surface area contributed by atoms with E-state index in [0.717, 1.165) is 18.2 Å². The molecule has 1 atom stereocenters. The molecule has 0 fully saturated rings. The van der Waals surface area contributed by atoms with Crippen molar-refractivity contribution in [3.8, 4) is 0 Å². The van der Waals surface area contributed by atoms with Gasteiger partial charge in [-0.05, 0) is 43.1 Å². The minimum Gasteiger partial charge on any atom is -0.310 e. The summed E-state index contributed by atoms with van der Waals surface area (Å²) >= 11 is 0. The van der Waals surface area contributed by atoms with E-state index in [1.54, 1.807) is 0 Å².